The molecule has 0 spiro atoms. The smallest absolute Gasteiger partial charge is 0.756 e. The summed E-state index contributed by atoms with van der Waals surface area (Å²) in [6.45, 7) is 0. The SMILES string of the molecule is O.O=C([O-])CC(O)(CC(=O)[O-])C(=O)[O-].O=P([O-])(O)O.[K+].[K+].[K+].[K+]. The molecule has 0 aromatic carbocycles. The zero-order chi connectivity index (χ0) is 15.1. The van der Waals surface area contributed by atoms with Gasteiger partial charge in [-0.25, -0.2) is 0 Å². The van der Waals surface area contributed by atoms with E-state index in [1.165, 1.54) is 0 Å². The quantitative estimate of drug-likeness (QED) is 0.256. The van der Waals surface area contributed by atoms with Crippen molar-refractivity contribution in [1.29, 1.82) is 0 Å². The maximum Gasteiger partial charge on any atom is 1.00 e. The minimum Gasteiger partial charge on any atom is -0.756 e. The first-order chi connectivity index (χ1) is 7.78. The van der Waals surface area contributed by atoms with E-state index in [-0.39, 0.29) is 211 Å². The van der Waals surface area contributed by atoms with Gasteiger partial charge < -0.3 is 55.0 Å². The number of hydrogen-bond donors (Lipinski definition) is 3. The van der Waals surface area contributed by atoms with Crippen LogP contribution in [0.5, 0.6) is 0 Å². The number of aliphatic hydroxyl groups is 1. The van der Waals surface area contributed by atoms with Crippen molar-refractivity contribution >= 4 is 25.7 Å². The summed E-state index contributed by atoms with van der Waals surface area (Å²) in [7, 11) is -4.89. The predicted octanol–water partition coefficient (Wildman–Crippen LogP) is -19.6. The number of carbonyl (C=O) groups excluding carboxylic acids is 3. The Kier molecular flexibility index (Phi) is 46.8. The standard InChI is InChI=1S/C6H8O7.4K.H3O4P.H2O/c7-3(8)1-6(13,5(11)12)2-4(9)10;;;;;1-5(2,3)4;/h13H,1-2H2,(H,7,8)(H,9,10)(H,11,12);;;;;(H3,1,2,3,4);1H2/q;4*+1;;/p-4. The molecule has 0 aliphatic carbocycles. The predicted molar refractivity (Wildman–Crippen MR) is 44.9 cm³/mol. The summed E-state index contributed by atoms with van der Waals surface area (Å²) >= 11 is 0. The van der Waals surface area contributed by atoms with Crippen LogP contribution in [-0.4, -0.2) is 43.9 Å². The molecule has 17 heteroatoms. The first-order valence-electron chi connectivity index (χ1n) is 3.88. The summed E-state index contributed by atoms with van der Waals surface area (Å²) < 4.78 is 8.77. The Balaban J connectivity index is -0.0000000455. The van der Waals surface area contributed by atoms with Crippen molar-refractivity contribution in [3.8, 4) is 0 Å². The molecule has 114 valence electrons. The molecule has 5 N–H and O–H groups in total. The molecule has 0 saturated carbocycles. The first kappa shape index (κ1) is 46.3. The molecule has 0 heterocycles. The second-order valence-corrected chi connectivity index (χ2v) is 3.89. The molecule has 0 amide bonds. The van der Waals surface area contributed by atoms with E-state index in [4.69, 9.17) is 24.4 Å². The van der Waals surface area contributed by atoms with Crippen molar-refractivity contribution in [2.24, 2.45) is 0 Å². The molecule has 0 radical (unpaired) electrons. The van der Waals surface area contributed by atoms with Gasteiger partial charge in [0.15, 0.2) is 0 Å². The maximum atomic E-state index is 10.1. The van der Waals surface area contributed by atoms with Crippen LogP contribution in [0.4, 0.5) is 0 Å². The Bertz CT molecular complexity index is 359. The average molecular weight is 460 g/mol. The van der Waals surface area contributed by atoms with E-state index in [9.17, 15) is 29.7 Å². The summed E-state index contributed by atoms with van der Waals surface area (Å²) in [4.78, 5) is 52.9. The third kappa shape index (κ3) is 38.3. The first-order valence-corrected chi connectivity index (χ1v) is 5.41. The molecule has 0 unspecified atom stereocenters. The van der Waals surface area contributed by atoms with E-state index in [1.807, 2.05) is 0 Å². The van der Waals surface area contributed by atoms with E-state index < -0.39 is 44.2 Å². The van der Waals surface area contributed by atoms with E-state index in [0.29, 0.717) is 0 Å². The second-order valence-electron chi connectivity index (χ2n) is 2.91. The van der Waals surface area contributed by atoms with Crippen LogP contribution in [0, 0.1) is 0 Å². The van der Waals surface area contributed by atoms with Gasteiger partial charge >= 0.3 is 206 Å². The van der Waals surface area contributed by atoms with Crippen molar-refractivity contribution in [3.05, 3.63) is 0 Å². The molecular weight excluding hydrogens is 451 g/mol. The maximum absolute atomic E-state index is 10.1. The Labute approximate surface area is 300 Å². The summed E-state index contributed by atoms with van der Waals surface area (Å²) in [6, 6.07) is 0. The van der Waals surface area contributed by atoms with Crippen LogP contribution in [0.25, 0.3) is 0 Å². The summed E-state index contributed by atoms with van der Waals surface area (Å²) in [5.74, 6) is -5.98. The van der Waals surface area contributed by atoms with Gasteiger partial charge in [0, 0.05) is 24.8 Å². The molecule has 0 rings (SSSR count). The number of phosphoric acid groups is 1. The van der Waals surface area contributed by atoms with Crippen molar-refractivity contribution in [2.75, 3.05) is 0 Å². The number of hydrogen-bond acceptors (Lipinski definition) is 9. The number of rotatable bonds is 5. The van der Waals surface area contributed by atoms with E-state index in [1.54, 1.807) is 0 Å². The van der Waals surface area contributed by atoms with Gasteiger partial charge in [-0.15, -0.1) is 0 Å². The van der Waals surface area contributed by atoms with Gasteiger partial charge in [0.25, 0.3) is 7.82 Å². The van der Waals surface area contributed by atoms with Gasteiger partial charge in [-0.1, -0.05) is 0 Å². The third-order valence-electron chi connectivity index (χ3n) is 1.25. The van der Waals surface area contributed by atoms with Crippen molar-refractivity contribution < 1.29 is 265 Å². The van der Waals surface area contributed by atoms with Crippen LogP contribution in [0.2, 0.25) is 0 Å². The summed E-state index contributed by atoms with van der Waals surface area (Å²) in [5.41, 5.74) is -2.97. The summed E-state index contributed by atoms with van der Waals surface area (Å²) in [5, 5.41) is 38.9. The number of carbonyl (C=O) groups is 3. The summed E-state index contributed by atoms with van der Waals surface area (Å²) in [6.07, 6.45) is -2.72. The molecule has 23 heavy (non-hydrogen) atoms. The molecule has 0 atom stereocenters. The molecule has 0 aliphatic rings. The van der Waals surface area contributed by atoms with Gasteiger partial charge in [0.05, 0.1) is 5.97 Å². The molecule has 12 nitrogen and oxygen atoms in total. The zero-order valence-electron chi connectivity index (χ0n) is 13.0. The molecule has 0 fully saturated rings. The van der Waals surface area contributed by atoms with Gasteiger partial charge in [-0.05, 0) is 0 Å². The second kappa shape index (κ2) is 23.3. The molecule has 0 aliphatic heterocycles. The Morgan fingerprint density at radius 1 is 0.870 bits per heavy atom. The Morgan fingerprint density at radius 2 is 1.04 bits per heavy atom. The van der Waals surface area contributed by atoms with E-state index in [2.05, 4.69) is 0 Å². The van der Waals surface area contributed by atoms with Crippen molar-refractivity contribution in [2.45, 2.75) is 18.4 Å². The zero-order valence-corrected chi connectivity index (χ0v) is 26.4. The molecule has 0 aromatic rings. The fraction of sp³-hybridized carbons (Fsp3) is 0.500. The van der Waals surface area contributed by atoms with Crippen LogP contribution in [0.3, 0.4) is 0 Å². The van der Waals surface area contributed by atoms with Crippen molar-refractivity contribution in [1.82, 2.24) is 0 Å². The molecule has 0 saturated heterocycles. The van der Waals surface area contributed by atoms with Crippen LogP contribution < -0.4 is 226 Å². The number of carboxylic acids is 3. The normalized spacial score (nSPS) is 8.70. The van der Waals surface area contributed by atoms with Gasteiger partial charge in [-0.3, -0.25) is 4.57 Å². The van der Waals surface area contributed by atoms with Crippen molar-refractivity contribution in [3.63, 3.8) is 0 Å². The molecular formula is C6H9K4O12P. The van der Waals surface area contributed by atoms with Crippen LogP contribution in [-0.2, 0) is 18.9 Å². The van der Waals surface area contributed by atoms with E-state index in [0.717, 1.165) is 0 Å². The fourth-order valence-corrected chi connectivity index (χ4v) is 0.684. The topological polar surface area (TPSA) is 253 Å². The fourth-order valence-electron chi connectivity index (χ4n) is 0.684. The Morgan fingerprint density at radius 3 is 1.13 bits per heavy atom. The minimum absolute atomic E-state index is 0. The van der Waals surface area contributed by atoms with Gasteiger partial charge in [-0.2, -0.15) is 0 Å². The monoisotopic (exact) mass is 460 g/mol. The largest absolute Gasteiger partial charge is 1.00 e. The van der Waals surface area contributed by atoms with Gasteiger partial charge in [0.2, 0.25) is 0 Å². The van der Waals surface area contributed by atoms with Gasteiger partial charge in [0.1, 0.15) is 5.60 Å². The van der Waals surface area contributed by atoms with Crippen LogP contribution in [0.15, 0.2) is 0 Å². The third-order valence-corrected chi connectivity index (χ3v) is 1.25. The molecule has 0 aromatic heterocycles. The van der Waals surface area contributed by atoms with Crippen LogP contribution in [0.1, 0.15) is 12.8 Å². The molecule has 0 bridgehead atoms. The van der Waals surface area contributed by atoms with E-state index >= 15 is 0 Å². The Hall–Kier alpha value is 4.99. The minimum atomic E-state index is -4.89. The van der Waals surface area contributed by atoms with Crippen LogP contribution >= 0.6 is 7.82 Å². The number of carboxylic acid groups (broad SMARTS) is 3. The average Bonchev–Trinajstić information content (AvgIpc) is 1.95. The number of aliphatic carboxylic acids is 3.